The average molecular weight is 381 g/mol. The molecule has 4 rings (SSSR count). The van der Waals surface area contributed by atoms with Crippen molar-refractivity contribution in [1.82, 2.24) is 4.90 Å². The number of likely N-dealkylation sites (N-methyl/N-ethyl adjacent to an activating group) is 1. The van der Waals surface area contributed by atoms with Crippen LogP contribution in [0.1, 0.15) is 36.8 Å². The SMILES string of the molecule is COc1ccc(C2(c3ccccc3)CN(C)C(=O)CO2)cc1OC1CCCC1. The van der Waals surface area contributed by atoms with E-state index in [4.69, 9.17) is 14.2 Å². The molecule has 1 heterocycles. The van der Waals surface area contributed by atoms with Crippen LogP contribution in [0.3, 0.4) is 0 Å². The molecule has 1 amide bonds. The van der Waals surface area contributed by atoms with Gasteiger partial charge in [0, 0.05) is 7.05 Å². The molecule has 5 heteroatoms. The van der Waals surface area contributed by atoms with Crippen LogP contribution in [0.5, 0.6) is 11.5 Å². The minimum atomic E-state index is -0.732. The number of rotatable bonds is 5. The number of carbonyl (C=O) groups excluding carboxylic acids is 1. The Morgan fingerprint density at radius 1 is 1.04 bits per heavy atom. The van der Waals surface area contributed by atoms with Crippen molar-refractivity contribution in [3.63, 3.8) is 0 Å². The molecule has 28 heavy (non-hydrogen) atoms. The lowest BCUT2D eigenvalue weighted by molar-refractivity contribution is -0.156. The summed E-state index contributed by atoms with van der Waals surface area (Å²) in [6, 6.07) is 16.0. The maximum absolute atomic E-state index is 12.1. The molecule has 5 nitrogen and oxygen atoms in total. The summed E-state index contributed by atoms with van der Waals surface area (Å²) in [5, 5.41) is 0. The molecule has 1 aliphatic carbocycles. The zero-order valence-electron chi connectivity index (χ0n) is 16.5. The highest BCUT2D eigenvalue weighted by atomic mass is 16.5. The third-order valence-electron chi connectivity index (χ3n) is 5.79. The molecule has 0 spiro atoms. The summed E-state index contributed by atoms with van der Waals surface area (Å²) in [5.74, 6) is 1.45. The topological polar surface area (TPSA) is 48.0 Å². The number of ether oxygens (including phenoxy) is 3. The predicted molar refractivity (Wildman–Crippen MR) is 107 cm³/mol. The Labute approximate surface area is 166 Å². The van der Waals surface area contributed by atoms with E-state index in [2.05, 4.69) is 0 Å². The van der Waals surface area contributed by atoms with Crippen LogP contribution in [0.2, 0.25) is 0 Å². The van der Waals surface area contributed by atoms with E-state index in [-0.39, 0.29) is 18.6 Å². The van der Waals surface area contributed by atoms with Crippen LogP contribution in [0.25, 0.3) is 0 Å². The van der Waals surface area contributed by atoms with Gasteiger partial charge < -0.3 is 19.1 Å². The molecule has 1 atom stereocenters. The van der Waals surface area contributed by atoms with Crippen molar-refractivity contribution in [2.45, 2.75) is 37.4 Å². The summed E-state index contributed by atoms with van der Waals surface area (Å²) in [6.45, 7) is 0.501. The summed E-state index contributed by atoms with van der Waals surface area (Å²) in [5.41, 5.74) is 1.25. The molecule has 2 fully saturated rings. The number of morpholine rings is 1. The van der Waals surface area contributed by atoms with Gasteiger partial charge in [0.05, 0.1) is 19.8 Å². The van der Waals surface area contributed by atoms with Crippen LogP contribution < -0.4 is 9.47 Å². The normalized spacial score (nSPS) is 23.1. The lowest BCUT2D eigenvalue weighted by Crippen LogP contribution is -2.51. The molecule has 0 radical (unpaired) electrons. The monoisotopic (exact) mass is 381 g/mol. The molecule has 2 aromatic rings. The van der Waals surface area contributed by atoms with E-state index in [1.165, 1.54) is 12.8 Å². The van der Waals surface area contributed by atoms with Crippen LogP contribution >= 0.6 is 0 Å². The molecule has 0 aromatic heterocycles. The van der Waals surface area contributed by atoms with Crippen LogP contribution in [0, 0.1) is 0 Å². The number of nitrogens with zero attached hydrogens (tertiary/aromatic N) is 1. The lowest BCUT2D eigenvalue weighted by atomic mass is 9.84. The average Bonchev–Trinajstić information content (AvgIpc) is 3.24. The van der Waals surface area contributed by atoms with E-state index < -0.39 is 5.60 Å². The molecule has 1 saturated carbocycles. The van der Waals surface area contributed by atoms with Gasteiger partial charge in [0.25, 0.3) is 0 Å². The molecule has 1 saturated heterocycles. The first-order valence-electron chi connectivity index (χ1n) is 9.91. The molecule has 2 aromatic carbocycles. The lowest BCUT2D eigenvalue weighted by Gasteiger charge is -2.42. The second-order valence-electron chi connectivity index (χ2n) is 7.62. The van der Waals surface area contributed by atoms with Gasteiger partial charge in [-0.15, -0.1) is 0 Å². The van der Waals surface area contributed by atoms with Crippen molar-refractivity contribution in [2.75, 3.05) is 27.3 Å². The quantitative estimate of drug-likeness (QED) is 0.791. The van der Waals surface area contributed by atoms with Gasteiger partial charge in [-0.3, -0.25) is 4.79 Å². The van der Waals surface area contributed by atoms with E-state index in [0.29, 0.717) is 6.54 Å². The van der Waals surface area contributed by atoms with Crippen molar-refractivity contribution in [3.05, 3.63) is 59.7 Å². The fraction of sp³-hybridized carbons (Fsp3) is 0.435. The predicted octanol–water partition coefficient (Wildman–Crippen LogP) is 3.75. The van der Waals surface area contributed by atoms with Gasteiger partial charge in [-0.05, 0) is 48.9 Å². The molecule has 148 valence electrons. The Balaban J connectivity index is 1.77. The number of methoxy groups -OCH3 is 1. The van der Waals surface area contributed by atoms with Crippen molar-refractivity contribution < 1.29 is 19.0 Å². The number of carbonyl (C=O) groups is 1. The van der Waals surface area contributed by atoms with Gasteiger partial charge >= 0.3 is 0 Å². The third-order valence-corrected chi connectivity index (χ3v) is 5.79. The molecule has 0 N–H and O–H groups in total. The van der Waals surface area contributed by atoms with Crippen LogP contribution in [-0.2, 0) is 15.1 Å². The second-order valence-corrected chi connectivity index (χ2v) is 7.62. The van der Waals surface area contributed by atoms with E-state index in [0.717, 1.165) is 35.5 Å². The van der Waals surface area contributed by atoms with E-state index in [1.807, 2.05) is 55.6 Å². The zero-order valence-corrected chi connectivity index (χ0v) is 16.5. The van der Waals surface area contributed by atoms with Gasteiger partial charge in [0.2, 0.25) is 5.91 Å². The third kappa shape index (κ3) is 3.47. The van der Waals surface area contributed by atoms with Gasteiger partial charge in [-0.2, -0.15) is 0 Å². The minimum Gasteiger partial charge on any atom is -0.493 e. The van der Waals surface area contributed by atoms with Gasteiger partial charge in [-0.25, -0.2) is 0 Å². The summed E-state index contributed by atoms with van der Waals surface area (Å²) < 4.78 is 18.1. The molecular formula is C23H27NO4. The van der Waals surface area contributed by atoms with Crippen LogP contribution in [0.15, 0.2) is 48.5 Å². The summed E-state index contributed by atoms with van der Waals surface area (Å²) in [6.07, 6.45) is 4.79. The molecule has 0 bridgehead atoms. The fourth-order valence-electron chi connectivity index (χ4n) is 4.19. The number of hydrogen-bond donors (Lipinski definition) is 0. The summed E-state index contributed by atoms with van der Waals surface area (Å²) in [7, 11) is 3.48. The van der Waals surface area contributed by atoms with Gasteiger partial charge in [0.15, 0.2) is 11.5 Å². The number of benzene rings is 2. The smallest absolute Gasteiger partial charge is 0.248 e. The fourth-order valence-corrected chi connectivity index (χ4v) is 4.19. The van der Waals surface area contributed by atoms with Gasteiger partial charge in [0.1, 0.15) is 12.2 Å². The van der Waals surface area contributed by atoms with Crippen LogP contribution in [0.4, 0.5) is 0 Å². The van der Waals surface area contributed by atoms with Gasteiger partial charge in [-0.1, -0.05) is 36.4 Å². The maximum atomic E-state index is 12.1. The first kappa shape index (κ1) is 18.8. The summed E-state index contributed by atoms with van der Waals surface area (Å²) in [4.78, 5) is 13.8. The Hall–Kier alpha value is -2.53. The largest absolute Gasteiger partial charge is 0.493 e. The zero-order chi connectivity index (χ0) is 19.6. The molecule has 1 unspecified atom stereocenters. The number of amides is 1. The van der Waals surface area contributed by atoms with Crippen molar-refractivity contribution in [2.24, 2.45) is 0 Å². The minimum absolute atomic E-state index is 0.0116. The Bertz CT molecular complexity index is 832. The highest BCUT2D eigenvalue weighted by Gasteiger charge is 2.42. The first-order chi connectivity index (χ1) is 13.6. The highest BCUT2D eigenvalue weighted by Crippen LogP contribution is 2.41. The number of hydrogen-bond acceptors (Lipinski definition) is 4. The van der Waals surface area contributed by atoms with E-state index in [9.17, 15) is 4.79 Å². The maximum Gasteiger partial charge on any atom is 0.248 e. The Kier molecular flexibility index (Phi) is 5.27. The molecular weight excluding hydrogens is 354 g/mol. The van der Waals surface area contributed by atoms with Crippen molar-refractivity contribution >= 4 is 5.91 Å². The second kappa shape index (κ2) is 7.84. The Morgan fingerprint density at radius 3 is 2.46 bits per heavy atom. The first-order valence-corrected chi connectivity index (χ1v) is 9.91. The Morgan fingerprint density at radius 2 is 1.79 bits per heavy atom. The van der Waals surface area contributed by atoms with Crippen molar-refractivity contribution in [1.29, 1.82) is 0 Å². The molecule has 1 aliphatic heterocycles. The summed E-state index contributed by atoms with van der Waals surface area (Å²) >= 11 is 0. The van der Waals surface area contributed by atoms with Crippen molar-refractivity contribution in [3.8, 4) is 11.5 Å². The van der Waals surface area contributed by atoms with Crippen LogP contribution in [-0.4, -0.2) is 44.2 Å². The highest BCUT2D eigenvalue weighted by molar-refractivity contribution is 5.78. The van der Waals surface area contributed by atoms with E-state index in [1.54, 1.807) is 12.0 Å². The standard InChI is InChI=1S/C23H27NO4/c1-24-16-23(27-15-22(24)25,17-8-4-3-5-9-17)18-12-13-20(26-2)21(14-18)28-19-10-6-7-11-19/h3-5,8-9,12-14,19H,6-7,10-11,15-16H2,1-2H3. The molecule has 2 aliphatic rings. The van der Waals surface area contributed by atoms with E-state index >= 15 is 0 Å².